The van der Waals surface area contributed by atoms with Gasteiger partial charge in [0.15, 0.2) is 0 Å². The predicted octanol–water partition coefficient (Wildman–Crippen LogP) is 4.44. The molecule has 6 heteroatoms. The molecule has 3 rings (SSSR count). The van der Waals surface area contributed by atoms with Gasteiger partial charge in [0.1, 0.15) is 5.54 Å². The molecule has 130 valence electrons. The van der Waals surface area contributed by atoms with E-state index in [0.29, 0.717) is 28.5 Å². The summed E-state index contributed by atoms with van der Waals surface area (Å²) in [6, 6.07) is 14.5. The smallest absolute Gasteiger partial charge is 0.323 e. The molecule has 0 saturated carbocycles. The molecule has 0 spiro atoms. The minimum absolute atomic E-state index is 0.127. The highest BCUT2D eigenvalue weighted by Crippen LogP contribution is 2.27. The van der Waals surface area contributed by atoms with Crippen molar-refractivity contribution in [3.63, 3.8) is 0 Å². The molecule has 4 nitrogen and oxygen atoms in total. The Morgan fingerprint density at radius 1 is 1.08 bits per heavy atom. The van der Waals surface area contributed by atoms with E-state index in [4.69, 9.17) is 23.2 Å². The molecule has 0 radical (unpaired) electrons. The van der Waals surface area contributed by atoms with E-state index in [9.17, 15) is 9.59 Å². The number of rotatable bonds is 5. The first-order valence-corrected chi connectivity index (χ1v) is 8.76. The van der Waals surface area contributed by atoms with Crippen molar-refractivity contribution in [1.29, 1.82) is 0 Å². The lowest BCUT2D eigenvalue weighted by Gasteiger charge is -2.22. The maximum atomic E-state index is 12.8. The summed E-state index contributed by atoms with van der Waals surface area (Å²) in [5.74, 6) is -0.237. The first-order chi connectivity index (χ1) is 11.9. The number of halogens is 2. The van der Waals surface area contributed by atoms with E-state index in [1.807, 2.05) is 30.3 Å². The summed E-state index contributed by atoms with van der Waals surface area (Å²) < 4.78 is 0. The Bertz CT molecular complexity index is 810. The molecule has 2 aromatic carbocycles. The molecule has 1 atom stereocenters. The lowest BCUT2D eigenvalue weighted by Crippen LogP contribution is -2.44. The largest absolute Gasteiger partial charge is 0.325 e. The van der Waals surface area contributed by atoms with E-state index in [-0.39, 0.29) is 12.5 Å². The van der Waals surface area contributed by atoms with Crippen LogP contribution in [0.25, 0.3) is 0 Å². The molecule has 25 heavy (non-hydrogen) atoms. The zero-order chi connectivity index (χ0) is 18.0. The summed E-state index contributed by atoms with van der Waals surface area (Å²) in [6.07, 6.45) is 1.24. The quantitative estimate of drug-likeness (QED) is 0.784. The van der Waals surface area contributed by atoms with Gasteiger partial charge in [0.2, 0.25) is 0 Å². The number of aryl methyl sites for hydroxylation is 1. The molecule has 1 fully saturated rings. The summed E-state index contributed by atoms with van der Waals surface area (Å²) in [7, 11) is 0. The van der Waals surface area contributed by atoms with Gasteiger partial charge in [0.05, 0.1) is 6.54 Å². The number of carbonyl (C=O) groups is 2. The van der Waals surface area contributed by atoms with Gasteiger partial charge in [-0.15, -0.1) is 0 Å². The summed E-state index contributed by atoms with van der Waals surface area (Å²) in [5.41, 5.74) is 0.901. The molecule has 1 heterocycles. The van der Waals surface area contributed by atoms with Gasteiger partial charge in [-0.25, -0.2) is 4.79 Å². The fourth-order valence-corrected chi connectivity index (χ4v) is 3.39. The number of hydrogen-bond acceptors (Lipinski definition) is 2. The molecule has 0 unspecified atom stereocenters. The van der Waals surface area contributed by atoms with Gasteiger partial charge in [-0.3, -0.25) is 9.69 Å². The third kappa shape index (κ3) is 3.80. The SMILES string of the molecule is C[C@]1(CCc2ccccc2)NC(=O)N(Cc2ccc(Cl)cc2Cl)C1=O. The van der Waals surface area contributed by atoms with Crippen LogP contribution in [0.15, 0.2) is 48.5 Å². The highest BCUT2D eigenvalue weighted by atomic mass is 35.5. The van der Waals surface area contributed by atoms with Gasteiger partial charge >= 0.3 is 6.03 Å². The second kappa shape index (κ2) is 7.06. The van der Waals surface area contributed by atoms with Crippen molar-refractivity contribution in [3.05, 3.63) is 69.7 Å². The van der Waals surface area contributed by atoms with Crippen LogP contribution in [0.3, 0.4) is 0 Å². The molecule has 1 aliphatic heterocycles. The third-order valence-electron chi connectivity index (χ3n) is 4.45. The molecule has 1 saturated heterocycles. The minimum Gasteiger partial charge on any atom is -0.323 e. The van der Waals surface area contributed by atoms with Crippen LogP contribution in [0, 0.1) is 0 Å². The topological polar surface area (TPSA) is 49.4 Å². The van der Waals surface area contributed by atoms with Gasteiger partial charge in [0.25, 0.3) is 5.91 Å². The Kier molecular flexibility index (Phi) is 5.02. The van der Waals surface area contributed by atoms with E-state index in [1.165, 1.54) is 4.90 Å². The van der Waals surface area contributed by atoms with Crippen molar-refractivity contribution >= 4 is 35.1 Å². The minimum atomic E-state index is -0.911. The Morgan fingerprint density at radius 2 is 1.80 bits per heavy atom. The van der Waals surface area contributed by atoms with Gasteiger partial charge in [-0.05, 0) is 43.0 Å². The predicted molar refractivity (Wildman–Crippen MR) is 98.7 cm³/mol. The molecule has 3 amide bonds. The first-order valence-electron chi connectivity index (χ1n) is 8.01. The van der Waals surface area contributed by atoms with Crippen molar-refractivity contribution in [2.24, 2.45) is 0 Å². The zero-order valence-corrected chi connectivity index (χ0v) is 15.3. The molecule has 1 N–H and O–H groups in total. The highest BCUT2D eigenvalue weighted by Gasteiger charge is 2.47. The maximum Gasteiger partial charge on any atom is 0.325 e. The average Bonchev–Trinajstić information content (AvgIpc) is 2.80. The lowest BCUT2D eigenvalue weighted by molar-refractivity contribution is -0.131. The second-order valence-electron chi connectivity index (χ2n) is 6.37. The normalized spacial score (nSPS) is 20.0. The van der Waals surface area contributed by atoms with E-state index in [0.717, 1.165) is 5.56 Å². The number of urea groups is 1. The number of carbonyl (C=O) groups excluding carboxylic acids is 2. The average molecular weight is 377 g/mol. The maximum absolute atomic E-state index is 12.8. The molecule has 2 aromatic rings. The van der Waals surface area contributed by atoms with Crippen molar-refractivity contribution in [1.82, 2.24) is 10.2 Å². The Hall–Kier alpha value is -2.04. The number of nitrogens with one attached hydrogen (secondary N) is 1. The molecular weight excluding hydrogens is 359 g/mol. The standard InChI is InChI=1S/C19H18Cl2N2O2/c1-19(10-9-13-5-3-2-4-6-13)17(24)23(18(25)22-19)12-14-7-8-15(20)11-16(14)21/h2-8,11H,9-10,12H2,1H3,(H,22,25)/t19-/m1/s1. The van der Waals surface area contributed by atoms with Crippen LogP contribution in [0.2, 0.25) is 10.0 Å². The Morgan fingerprint density at radius 3 is 2.48 bits per heavy atom. The summed E-state index contributed by atoms with van der Waals surface area (Å²) in [5, 5.41) is 3.77. The van der Waals surface area contributed by atoms with E-state index in [1.54, 1.807) is 25.1 Å². The van der Waals surface area contributed by atoms with Crippen LogP contribution in [-0.2, 0) is 17.8 Å². The van der Waals surface area contributed by atoms with Gasteiger partial charge in [0, 0.05) is 10.0 Å². The van der Waals surface area contributed by atoms with E-state index >= 15 is 0 Å². The fraction of sp³-hybridized carbons (Fsp3) is 0.263. The van der Waals surface area contributed by atoms with E-state index < -0.39 is 11.6 Å². The van der Waals surface area contributed by atoms with Crippen LogP contribution in [-0.4, -0.2) is 22.4 Å². The van der Waals surface area contributed by atoms with Crippen LogP contribution < -0.4 is 5.32 Å². The molecule has 1 aliphatic rings. The number of amides is 3. The van der Waals surface area contributed by atoms with Crippen LogP contribution in [0.1, 0.15) is 24.5 Å². The van der Waals surface area contributed by atoms with Crippen molar-refractivity contribution in [3.8, 4) is 0 Å². The molecular formula is C19H18Cl2N2O2. The highest BCUT2D eigenvalue weighted by molar-refractivity contribution is 6.35. The molecule has 0 bridgehead atoms. The molecule has 0 aliphatic carbocycles. The number of benzene rings is 2. The van der Waals surface area contributed by atoms with Crippen LogP contribution in [0.4, 0.5) is 4.79 Å². The summed E-state index contributed by atoms with van der Waals surface area (Å²) >= 11 is 12.1. The van der Waals surface area contributed by atoms with Crippen molar-refractivity contribution < 1.29 is 9.59 Å². The monoisotopic (exact) mass is 376 g/mol. The first kappa shape index (κ1) is 17.8. The second-order valence-corrected chi connectivity index (χ2v) is 7.22. The van der Waals surface area contributed by atoms with Gasteiger partial charge in [-0.2, -0.15) is 0 Å². The van der Waals surface area contributed by atoms with Gasteiger partial charge < -0.3 is 5.32 Å². The number of nitrogens with zero attached hydrogens (tertiary/aromatic N) is 1. The Labute approximate surface area is 156 Å². The number of hydrogen-bond donors (Lipinski definition) is 1. The van der Waals surface area contributed by atoms with Gasteiger partial charge in [-0.1, -0.05) is 59.6 Å². The summed E-state index contributed by atoms with van der Waals surface area (Å²) in [4.78, 5) is 26.3. The van der Waals surface area contributed by atoms with Crippen molar-refractivity contribution in [2.75, 3.05) is 0 Å². The number of imide groups is 1. The Balaban J connectivity index is 1.72. The fourth-order valence-electron chi connectivity index (χ4n) is 2.92. The summed E-state index contributed by atoms with van der Waals surface area (Å²) in [6.45, 7) is 1.89. The van der Waals surface area contributed by atoms with Crippen molar-refractivity contribution in [2.45, 2.75) is 31.8 Å². The van der Waals surface area contributed by atoms with Crippen LogP contribution in [0.5, 0.6) is 0 Å². The van der Waals surface area contributed by atoms with E-state index in [2.05, 4.69) is 5.32 Å². The lowest BCUT2D eigenvalue weighted by atomic mass is 9.93. The zero-order valence-electron chi connectivity index (χ0n) is 13.8. The molecule has 0 aromatic heterocycles. The third-order valence-corrected chi connectivity index (χ3v) is 5.03. The van der Waals surface area contributed by atoms with Crippen LogP contribution >= 0.6 is 23.2 Å².